The zero-order chi connectivity index (χ0) is 38.3. The molecule has 5 atom stereocenters. The Balaban J connectivity index is 1.25. The molecule has 0 aromatic carbocycles. The number of nitrogens with one attached hydrogen (secondary N) is 3. The van der Waals surface area contributed by atoms with Crippen LogP contribution in [0.5, 0.6) is 0 Å². The number of Topliss-reactive ketones (excluding diaryl/α,β-unsaturated/α-hetero) is 1. The summed E-state index contributed by atoms with van der Waals surface area (Å²) in [4.78, 5) is 83.9. The molecule has 12 heteroatoms. The molecule has 0 radical (unpaired) electrons. The molecule has 6 aliphatic rings. The number of hydrogen-bond donors (Lipinski definition) is 4. The Hall–Kier alpha value is -3.02. The normalized spacial score (nSPS) is 28.6. The minimum Gasteiger partial charge on any atom is -0.381 e. The van der Waals surface area contributed by atoms with E-state index in [1.54, 1.807) is 4.90 Å². The van der Waals surface area contributed by atoms with Crippen molar-refractivity contribution in [1.82, 2.24) is 20.9 Å². The second-order valence-electron chi connectivity index (χ2n) is 19.2. The van der Waals surface area contributed by atoms with Gasteiger partial charge in [-0.15, -0.1) is 0 Å². The van der Waals surface area contributed by atoms with Crippen molar-refractivity contribution >= 4 is 35.3 Å². The number of rotatable bonds is 13. The zero-order valence-electron chi connectivity index (χ0n) is 32.9. The summed E-state index contributed by atoms with van der Waals surface area (Å²) in [7, 11) is 0. The summed E-state index contributed by atoms with van der Waals surface area (Å²) >= 11 is 0. The average molecular weight is 740 g/mol. The topological polar surface area (TPSA) is 177 Å². The third kappa shape index (κ3) is 7.51. The molecule has 53 heavy (non-hydrogen) atoms. The largest absolute Gasteiger partial charge is 0.381 e. The molecule has 4 aliphatic carbocycles. The first kappa shape index (κ1) is 39.7. The van der Waals surface area contributed by atoms with Gasteiger partial charge in [0.05, 0.1) is 6.04 Å². The predicted molar refractivity (Wildman–Crippen MR) is 199 cm³/mol. The Morgan fingerprint density at radius 2 is 1.47 bits per heavy atom. The highest BCUT2D eigenvalue weighted by atomic mass is 16.5. The van der Waals surface area contributed by atoms with E-state index in [1.165, 1.54) is 0 Å². The smallest absolute Gasteiger partial charge is 0.287 e. The van der Waals surface area contributed by atoms with Crippen LogP contribution in [0, 0.1) is 39.4 Å². The third-order valence-corrected chi connectivity index (χ3v) is 15.0. The minimum atomic E-state index is -1.08. The number of fused-ring (bicyclic) bond motifs is 1. The fourth-order valence-electron chi connectivity index (χ4n) is 11.2. The zero-order valence-corrected chi connectivity index (χ0v) is 32.9. The summed E-state index contributed by atoms with van der Waals surface area (Å²) in [5.74, 6) is -2.79. The molecular weight excluding hydrogens is 674 g/mol. The van der Waals surface area contributed by atoms with Gasteiger partial charge >= 0.3 is 0 Å². The Morgan fingerprint density at radius 3 is 2.00 bits per heavy atom. The number of hydrogen-bond acceptors (Lipinski definition) is 7. The molecule has 2 aliphatic heterocycles. The minimum absolute atomic E-state index is 0.0310. The van der Waals surface area contributed by atoms with E-state index in [9.17, 15) is 24.0 Å². The van der Waals surface area contributed by atoms with Gasteiger partial charge in [-0.1, -0.05) is 79.6 Å². The van der Waals surface area contributed by atoms with Gasteiger partial charge in [-0.25, -0.2) is 0 Å². The van der Waals surface area contributed by atoms with Gasteiger partial charge < -0.3 is 31.3 Å². The number of nitrogens with zero attached hydrogens (tertiary/aromatic N) is 1. The Labute approximate surface area is 315 Å². The fourth-order valence-corrected chi connectivity index (χ4v) is 11.2. The molecule has 0 aromatic heterocycles. The van der Waals surface area contributed by atoms with Crippen molar-refractivity contribution < 1.29 is 33.5 Å². The van der Waals surface area contributed by atoms with E-state index < -0.39 is 47.2 Å². The summed E-state index contributed by atoms with van der Waals surface area (Å²) in [6, 6.07) is -3.66. The van der Waals surface area contributed by atoms with Crippen LogP contribution >= 0.6 is 0 Å². The lowest BCUT2D eigenvalue weighted by atomic mass is 9.73. The number of carbonyl (C=O) groups excluding carboxylic acids is 6. The lowest BCUT2D eigenvalue weighted by Gasteiger charge is -2.38. The van der Waals surface area contributed by atoms with Gasteiger partial charge in [0, 0.05) is 31.6 Å². The molecule has 5 N–H and O–H groups in total. The van der Waals surface area contributed by atoms with Crippen molar-refractivity contribution in [3.8, 4) is 0 Å². The predicted octanol–water partition coefficient (Wildman–Crippen LogP) is 3.93. The van der Waals surface area contributed by atoms with Crippen LogP contribution in [-0.4, -0.2) is 84.1 Å². The Morgan fingerprint density at radius 1 is 0.811 bits per heavy atom. The molecule has 5 amide bonds. The van der Waals surface area contributed by atoms with Gasteiger partial charge in [0.25, 0.3) is 5.91 Å². The Kier molecular flexibility index (Phi) is 11.4. The summed E-state index contributed by atoms with van der Waals surface area (Å²) in [5, 5.41) is 9.11. The molecule has 2 saturated heterocycles. The van der Waals surface area contributed by atoms with Crippen molar-refractivity contribution in [2.45, 2.75) is 162 Å². The monoisotopic (exact) mass is 739 g/mol. The van der Waals surface area contributed by atoms with Crippen LogP contribution in [0.1, 0.15) is 137 Å². The number of ketones is 1. The van der Waals surface area contributed by atoms with Crippen LogP contribution in [0.2, 0.25) is 0 Å². The maximum Gasteiger partial charge on any atom is 0.287 e. The van der Waals surface area contributed by atoms with Crippen molar-refractivity contribution in [3.05, 3.63) is 0 Å². The van der Waals surface area contributed by atoms with Gasteiger partial charge in [0.2, 0.25) is 29.4 Å². The van der Waals surface area contributed by atoms with Crippen LogP contribution in [-0.2, 0) is 33.5 Å². The standard InChI is InChI=1S/C41H65N5O7/c1-38(2,3)33(45-36(51)31(27-13-7-6-8-14-27)44-30(47)22-26-15-19-53-20-16-26)37(52)46-24-41(39(4,5)40(41)17-10-18-40)23-29(46)35(50)43-28(32(48)34(42)49)21-25-11-9-12-25/h25-29,31,33H,6-24H2,1-5H3,(H2,42,49)(H,43,50)(H,44,47)(H,45,51)/t28?,29-,31-,33+,41+/m0/s1. The number of ether oxygens (including phenoxy) is 1. The lowest BCUT2D eigenvalue weighted by molar-refractivity contribution is -0.145. The molecule has 12 nitrogen and oxygen atoms in total. The summed E-state index contributed by atoms with van der Waals surface area (Å²) in [5.41, 5.74) is 4.37. The van der Waals surface area contributed by atoms with Gasteiger partial charge in [-0.2, -0.15) is 0 Å². The van der Waals surface area contributed by atoms with Crippen molar-refractivity contribution in [1.29, 1.82) is 0 Å². The highest BCUT2D eigenvalue weighted by Crippen LogP contribution is 2.88. The van der Waals surface area contributed by atoms with E-state index >= 15 is 4.79 Å². The maximum absolute atomic E-state index is 15.0. The van der Waals surface area contributed by atoms with E-state index in [1.807, 2.05) is 20.8 Å². The first-order valence-corrected chi connectivity index (χ1v) is 20.6. The molecule has 0 bridgehead atoms. The van der Waals surface area contributed by atoms with Gasteiger partial charge in [0.1, 0.15) is 18.1 Å². The van der Waals surface area contributed by atoms with Gasteiger partial charge in [-0.05, 0) is 85.4 Å². The molecule has 2 heterocycles. The van der Waals surface area contributed by atoms with Crippen LogP contribution in [0.3, 0.4) is 0 Å². The van der Waals surface area contributed by atoms with Gasteiger partial charge in [-0.3, -0.25) is 28.8 Å². The third-order valence-electron chi connectivity index (χ3n) is 15.0. The number of carbonyl (C=O) groups is 6. The number of amides is 5. The lowest BCUT2D eigenvalue weighted by Crippen LogP contribution is -2.62. The number of nitrogens with two attached hydrogens (primary N) is 1. The SMILES string of the molecule is CC(C)(C)[C@H](NC(=O)[C@@H](NC(=O)CC1CCOCC1)C1CCCCC1)C(=O)N1C[C@]2(C[C@H]1C(=O)NC(CC1CCC1)C(=O)C(N)=O)C(C)(C)C21CCC1. The second-order valence-corrected chi connectivity index (χ2v) is 19.2. The molecule has 296 valence electrons. The van der Waals surface area contributed by atoms with Crippen molar-refractivity contribution in [2.24, 2.45) is 45.1 Å². The van der Waals surface area contributed by atoms with Crippen LogP contribution < -0.4 is 21.7 Å². The van der Waals surface area contributed by atoms with Crippen molar-refractivity contribution in [2.75, 3.05) is 19.8 Å². The van der Waals surface area contributed by atoms with E-state index in [4.69, 9.17) is 10.5 Å². The van der Waals surface area contributed by atoms with Crippen LogP contribution in [0.25, 0.3) is 0 Å². The molecule has 4 saturated carbocycles. The summed E-state index contributed by atoms with van der Waals surface area (Å²) in [6.45, 7) is 11.9. The van der Waals surface area contributed by atoms with E-state index in [0.29, 0.717) is 39.0 Å². The quantitative estimate of drug-likeness (QED) is 0.207. The first-order valence-electron chi connectivity index (χ1n) is 20.6. The number of likely N-dealkylation sites (tertiary alicyclic amines) is 1. The highest BCUT2D eigenvalue weighted by Gasteiger charge is 2.85. The average Bonchev–Trinajstić information content (AvgIpc) is 3.28. The maximum atomic E-state index is 15.0. The van der Waals surface area contributed by atoms with Crippen molar-refractivity contribution in [3.63, 3.8) is 0 Å². The summed E-state index contributed by atoms with van der Waals surface area (Å²) in [6.07, 6.45) is 13.6. The molecule has 6 fully saturated rings. The van der Waals surface area contributed by atoms with E-state index in [2.05, 4.69) is 29.8 Å². The van der Waals surface area contributed by atoms with E-state index in [0.717, 1.165) is 83.5 Å². The second kappa shape index (κ2) is 15.3. The summed E-state index contributed by atoms with van der Waals surface area (Å²) < 4.78 is 5.48. The van der Waals surface area contributed by atoms with E-state index in [-0.39, 0.29) is 51.7 Å². The fraction of sp³-hybridized carbons (Fsp3) is 0.854. The van der Waals surface area contributed by atoms with Gasteiger partial charge in [0.15, 0.2) is 0 Å². The Bertz CT molecular complexity index is 1440. The molecule has 0 aromatic rings. The van der Waals surface area contributed by atoms with Crippen LogP contribution in [0.4, 0.5) is 0 Å². The van der Waals surface area contributed by atoms with Crippen LogP contribution in [0.15, 0.2) is 0 Å². The first-order chi connectivity index (χ1) is 25.0. The number of primary amides is 1. The molecule has 2 spiro atoms. The molecule has 6 rings (SSSR count). The highest BCUT2D eigenvalue weighted by molar-refractivity contribution is 6.37. The molecular formula is C41H65N5O7. The molecule has 1 unspecified atom stereocenters.